The number of nitriles is 1. The number of nitrogens with zero attached hydrogens (tertiary/aromatic N) is 5. The van der Waals surface area contributed by atoms with Crippen molar-refractivity contribution >= 4 is 11.5 Å². The smallest absolute Gasteiger partial charge is 0.269 e. The third-order valence-electron chi connectivity index (χ3n) is 3.13. The molecule has 0 N–H and O–H groups in total. The molecular weight excluding hydrogens is 282 g/mol. The average molecular weight is 297 g/mol. The third-order valence-corrected chi connectivity index (χ3v) is 3.13. The Morgan fingerprint density at radius 2 is 2.00 bits per heavy atom. The maximum Gasteiger partial charge on any atom is 0.269 e. The normalized spacial score (nSPS) is 10.0. The van der Waals surface area contributed by atoms with Gasteiger partial charge in [-0.05, 0) is 19.1 Å². The van der Waals surface area contributed by atoms with Gasteiger partial charge in [-0.25, -0.2) is 9.97 Å². The monoisotopic (exact) mass is 297 g/mol. The Labute approximate surface area is 128 Å². The van der Waals surface area contributed by atoms with Crippen molar-refractivity contribution in [3.05, 3.63) is 46.1 Å². The summed E-state index contributed by atoms with van der Waals surface area (Å²) in [5.41, 5.74) is 1.54. The maximum atomic E-state index is 10.7. The van der Waals surface area contributed by atoms with Gasteiger partial charge in [-0.15, -0.1) is 0 Å². The lowest BCUT2D eigenvalue weighted by Crippen LogP contribution is -2.20. The number of nitro groups is 1. The van der Waals surface area contributed by atoms with Crippen LogP contribution in [0.25, 0.3) is 11.4 Å². The lowest BCUT2D eigenvalue weighted by molar-refractivity contribution is -0.384. The standard InChI is InChI=1S/C15H15N5O2/c1-11-10-14(19(2)9-3-8-16)18-15(17-11)12-4-6-13(7-5-12)20(21)22/h4-7,10H,3,9H2,1-2H3. The zero-order valence-electron chi connectivity index (χ0n) is 12.4. The van der Waals surface area contributed by atoms with Crippen LogP contribution in [-0.4, -0.2) is 28.5 Å². The zero-order valence-corrected chi connectivity index (χ0v) is 12.4. The van der Waals surface area contributed by atoms with Crippen LogP contribution < -0.4 is 4.90 Å². The lowest BCUT2D eigenvalue weighted by Gasteiger charge is -2.17. The van der Waals surface area contributed by atoms with Crippen molar-refractivity contribution in [2.24, 2.45) is 0 Å². The van der Waals surface area contributed by atoms with E-state index in [4.69, 9.17) is 5.26 Å². The van der Waals surface area contributed by atoms with E-state index in [2.05, 4.69) is 16.0 Å². The molecular formula is C15H15N5O2. The molecule has 0 aliphatic carbocycles. The Bertz CT molecular complexity index is 722. The summed E-state index contributed by atoms with van der Waals surface area (Å²) in [6.45, 7) is 2.44. The second-order valence-corrected chi connectivity index (χ2v) is 4.82. The maximum absolute atomic E-state index is 10.7. The molecule has 22 heavy (non-hydrogen) atoms. The second-order valence-electron chi connectivity index (χ2n) is 4.82. The molecule has 2 rings (SSSR count). The van der Waals surface area contributed by atoms with E-state index in [9.17, 15) is 10.1 Å². The molecule has 7 heteroatoms. The van der Waals surface area contributed by atoms with E-state index >= 15 is 0 Å². The van der Waals surface area contributed by atoms with E-state index in [-0.39, 0.29) is 5.69 Å². The first-order valence-corrected chi connectivity index (χ1v) is 6.70. The summed E-state index contributed by atoms with van der Waals surface area (Å²) in [5.74, 6) is 1.23. The van der Waals surface area contributed by atoms with Crippen molar-refractivity contribution in [1.29, 1.82) is 5.26 Å². The lowest BCUT2D eigenvalue weighted by atomic mass is 10.2. The number of aromatic nitrogens is 2. The van der Waals surface area contributed by atoms with Gasteiger partial charge in [-0.2, -0.15) is 5.26 Å². The molecule has 0 aliphatic heterocycles. The molecule has 1 aromatic heterocycles. The van der Waals surface area contributed by atoms with Gasteiger partial charge in [-0.1, -0.05) is 0 Å². The van der Waals surface area contributed by atoms with Crippen molar-refractivity contribution in [3.63, 3.8) is 0 Å². The molecule has 1 heterocycles. The van der Waals surface area contributed by atoms with Crippen molar-refractivity contribution in [2.45, 2.75) is 13.3 Å². The first kappa shape index (κ1) is 15.4. The van der Waals surface area contributed by atoms with Crippen LogP contribution in [0.5, 0.6) is 0 Å². The number of benzene rings is 1. The second kappa shape index (κ2) is 6.63. The van der Waals surface area contributed by atoms with E-state index < -0.39 is 4.92 Å². The molecule has 112 valence electrons. The number of anilines is 1. The number of hydrogen-bond donors (Lipinski definition) is 0. The molecule has 0 radical (unpaired) electrons. The van der Waals surface area contributed by atoms with Crippen LogP contribution in [0.4, 0.5) is 11.5 Å². The summed E-state index contributed by atoms with van der Waals surface area (Å²) in [7, 11) is 1.86. The summed E-state index contributed by atoms with van der Waals surface area (Å²) in [6, 6.07) is 10.1. The van der Waals surface area contributed by atoms with Crippen LogP contribution in [-0.2, 0) is 0 Å². The Morgan fingerprint density at radius 3 is 2.59 bits per heavy atom. The molecule has 0 amide bonds. The Kier molecular flexibility index (Phi) is 4.63. The first-order chi connectivity index (χ1) is 10.5. The predicted octanol–water partition coefficient (Wildman–Crippen LogP) is 2.71. The van der Waals surface area contributed by atoms with E-state index in [0.29, 0.717) is 24.4 Å². The average Bonchev–Trinajstić information content (AvgIpc) is 2.52. The molecule has 0 aliphatic rings. The fraction of sp³-hybridized carbons (Fsp3) is 0.267. The molecule has 0 saturated heterocycles. The Balaban J connectivity index is 2.33. The van der Waals surface area contributed by atoms with Gasteiger partial charge in [0.15, 0.2) is 5.82 Å². The van der Waals surface area contributed by atoms with Crippen LogP contribution in [0.3, 0.4) is 0 Å². The van der Waals surface area contributed by atoms with Gasteiger partial charge in [0.05, 0.1) is 17.4 Å². The van der Waals surface area contributed by atoms with E-state index in [1.54, 1.807) is 12.1 Å². The first-order valence-electron chi connectivity index (χ1n) is 6.70. The molecule has 0 spiro atoms. The van der Waals surface area contributed by atoms with Crippen molar-refractivity contribution in [2.75, 3.05) is 18.5 Å². The van der Waals surface area contributed by atoms with E-state index in [1.807, 2.05) is 24.9 Å². The molecule has 1 aromatic carbocycles. The summed E-state index contributed by atoms with van der Waals surface area (Å²) in [6.07, 6.45) is 0.409. The minimum atomic E-state index is -0.442. The van der Waals surface area contributed by atoms with E-state index in [0.717, 1.165) is 11.5 Å². The number of non-ortho nitro benzene ring substituents is 1. The van der Waals surface area contributed by atoms with Crippen LogP contribution >= 0.6 is 0 Å². The Hall–Kier alpha value is -3.01. The highest BCUT2D eigenvalue weighted by atomic mass is 16.6. The third kappa shape index (κ3) is 3.55. The van der Waals surface area contributed by atoms with Crippen LogP contribution in [0.1, 0.15) is 12.1 Å². The highest BCUT2D eigenvalue weighted by Gasteiger charge is 2.10. The van der Waals surface area contributed by atoms with Gasteiger partial charge >= 0.3 is 0 Å². The summed E-state index contributed by atoms with van der Waals surface area (Å²) < 4.78 is 0. The minimum Gasteiger partial charge on any atom is -0.359 e. The van der Waals surface area contributed by atoms with E-state index in [1.165, 1.54) is 12.1 Å². The largest absolute Gasteiger partial charge is 0.359 e. The molecule has 0 unspecified atom stereocenters. The number of hydrogen-bond acceptors (Lipinski definition) is 6. The van der Waals surface area contributed by atoms with Crippen molar-refractivity contribution in [3.8, 4) is 17.5 Å². The zero-order chi connectivity index (χ0) is 16.1. The minimum absolute atomic E-state index is 0.0303. The highest BCUT2D eigenvalue weighted by Crippen LogP contribution is 2.22. The SMILES string of the molecule is Cc1cc(N(C)CCC#N)nc(-c2ccc([N+](=O)[O-])cc2)n1. The predicted molar refractivity (Wildman–Crippen MR) is 82.4 cm³/mol. The van der Waals surface area contributed by atoms with Crippen LogP contribution in [0.2, 0.25) is 0 Å². The molecule has 0 atom stereocenters. The fourth-order valence-electron chi connectivity index (χ4n) is 1.94. The van der Waals surface area contributed by atoms with Gasteiger partial charge in [0.1, 0.15) is 5.82 Å². The van der Waals surface area contributed by atoms with Gasteiger partial charge in [0.25, 0.3) is 5.69 Å². The summed E-state index contributed by atoms with van der Waals surface area (Å²) in [4.78, 5) is 21.0. The van der Waals surface area contributed by atoms with Crippen LogP contribution in [0.15, 0.2) is 30.3 Å². The van der Waals surface area contributed by atoms with Gasteiger partial charge in [0.2, 0.25) is 0 Å². The number of nitro benzene ring substituents is 1. The molecule has 7 nitrogen and oxygen atoms in total. The van der Waals surface area contributed by atoms with Gasteiger partial charge in [0, 0.05) is 43.0 Å². The number of aryl methyl sites for hydroxylation is 1. The fourth-order valence-corrected chi connectivity index (χ4v) is 1.94. The molecule has 0 fully saturated rings. The topological polar surface area (TPSA) is 96.0 Å². The molecule has 0 bridgehead atoms. The van der Waals surface area contributed by atoms with Crippen LogP contribution in [0, 0.1) is 28.4 Å². The number of rotatable bonds is 5. The quantitative estimate of drug-likeness (QED) is 0.622. The highest BCUT2D eigenvalue weighted by molar-refractivity contribution is 5.59. The Morgan fingerprint density at radius 1 is 1.32 bits per heavy atom. The van der Waals surface area contributed by atoms with Crippen molar-refractivity contribution < 1.29 is 4.92 Å². The summed E-state index contributed by atoms with van der Waals surface area (Å²) in [5, 5.41) is 19.3. The summed E-state index contributed by atoms with van der Waals surface area (Å²) >= 11 is 0. The molecule has 2 aromatic rings. The van der Waals surface area contributed by atoms with Crippen molar-refractivity contribution in [1.82, 2.24) is 9.97 Å². The molecule has 0 saturated carbocycles. The van der Waals surface area contributed by atoms with Gasteiger partial charge in [-0.3, -0.25) is 10.1 Å². The van der Waals surface area contributed by atoms with Gasteiger partial charge < -0.3 is 4.90 Å².